The van der Waals surface area contributed by atoms with E-state index in [0.29, 0.717) is 16.2 Å². The molecule has 42 heavy (non-hydrogen) atoms. The zero-order chi connectivity index (χ0) is 30.3. The summed E-state index contributed by atoms with van der Waals surface area (Å²) in [5.74, 6) is -4.70. The number of fused-ring (bicyclic) bond motifs is 1. The molecule has 1 aliphatic heterocycles. The number of likely N-dealkylation sites (N-methyl/N-ethyl adjacent to an activating group) is 1. The minimum Gasteiger partial charge on any atom is -0.476 e. The number of nitrogens with zero attached hydrogens (tertiary/aromatic N) is 3. The Morgan fingerprint density at radius 3 is 2.36 bits per heavy atom. The summed E-state index contributed by atoms with van der Waals surface area (Å²) in [4.78, 5) is 41.1. The topological polar surface area (TPSA) is 105 Å². The van der Waals surface area contributed by atoms with Gasteiger partial charge >= 0.3 is 12.1 Å². The molecule has 2 atom stereocenters. The van der Waals surface area contributed by atoms with Gasteiger partial charge in [0.25, 0.3) is 11.8 Å². The molecule has 4 aromatic rings. The number of carbonyl (C=O) groups is 3. The van der Waals surface area contributed by atoms with Crippen molar-refractivity contribution in [1.82, 2.24) is 15.1 Å². The molecule has 0 bridgehead atoms. The van der Waals surface area contributed by atoms with Crippen molar-refractivity contribution < 1.29 is 37.1 Å². The van der Waals surface area contributed by atoms with E-state index in [9.17, 15) is 37.1 Å². The average molecular weight is 645 g/mol. The molecular weight excluding hydrogens is 624 g/mol. The minimum atomic E-state index is -4.71. The van der Waals surface area contributed by atoms with Crippen molar-refractivity contribution in [2.24, 2.45) is 0 Å². The predicted molar refractivity (Wildman–Crippen MR) is 147 cm³/mol. The number of aromatic nitrogens is 2. The minimum absolute atomic E-state index is 0.0383. The van der Waals surface area contributed by atoms with Crippen molar-refractivity contribution >= 4 is 39.5 Å². The number of hydrogen-bond acceptors (Lipinski definition) is 4. The van der Waals surface area contributed by atoms with Crippen LogP contribution in [0.25, 0.3) is 5.69 Å². The number of amides is 2. The Morgan fingerprint density at radius 1 is 1.05 bits per heavy atom. The van der Waals surface area contributed by atoms with Crippen molar-refractivity contribution in [1.29, 1.82) is 0 Å². The average Bonchev–Trinajstić information content (AvgIpc) is 3.34. The molecule has 0 radical (unpaired) electrons. The van der Waals surface area contributed by atoms with E-state index in [-0.39, 0.29) is 29.1 Å². The van der Waals surface area contributed by atoms with Gasteiger partial charge in [-0.1, -0.05) is 40.2 Å². The number of nitrogens with one attached hydrogen (secondary N) is 1. The highest BCUT2D eigenvalue weighted by Gasteiger charge is 2.47. The van der Waals surface area contributed by atoms with Crippen LogP contribution in [0.4, 0.5) is 23.4 Å². The van der Waals surface area contributed by atoms with E-state index >= 15 is 0 Å². The van der Waals surface area contributed by atoms with Gasteiger partial charge in [0.2, 0.25) is 0 Å². The first-order valence-electron chi connectivity index (χ1n) is 12.6. The first-order valence-corrected chi connectivity index (χ1v) is 13.4. The summed E-state index contributed by atoms with van der Waals surface area (Å²) < 4.78 is 55.9. The molecule has 2 N–H and O–H groups in total. The normalized spacial score (nSPS) is 16.7. The monoisotopic (exact) mass is 644 g/mol. The van der Waals surface area contributed by atoms with E-state index in [4.69, 9.17) is 0 Å². The molecule has 216 valence electrons. The molecule has 0 fully saturated rings. The highest BCUT2D eigenvalue weighted by molar-refractivity contribution is 9.10. The van der Waals surface area contributed by atoms with Crippen molar-refractivity contribution in [3.05, 3.63) is 111 Å². The number of anilines is 1. The lowest BCUT2D eigenvalue weighted by atomic mass is 9.80. The molecule has 0 unspecified atom stereocenters. The highest BCUT2D eigenvalue weighted by Crippen LogP contribution is 2.44. The van der Waals surface area contributed by atoms with E-state index in [1.807, 2.05) is 0 Å². The van der Waals surface area contributed by atoms with Crippen LogP contribution in [0.1, 0.15) is 50.4 Å². The maximum Gasteiger partial charge on any atom is 0.416 e. The Hall–Kier alpha value is -4.52. The first-order chi connectivity index (χ1) is 19.9. The second-order valence-corrected chi connectivity index (χ2v) is 10.3. The van der Waals surface area contributed by atoms with Crippen molar-refractivity contribution in [2.45, 2.75) is 25.1 Å². The molecule has 2 amide bonds. The summed E-state index contributed by atoms with van der Waals surface area (Å²) in [6.45, 7) is 1.68. The molecule has 1 aliphatic rings. The Bertz CT molecular complexity index is 1700. The van der Waals surface area contributed by atoms with Gasteiger partial charge in [0.05, 0.1) is 11.3 Å². The summed E-state index contributed by atoms with van der Waals surface area (Å²) in [6.07, 6.45) is -4.71. The number of hydrogen-bond donors (Lipinski definition) is 2. The van der Waals surface area contributed by atoms with Crippen LogP contribution in [0.2, 0.25) is 0 Å². The molecular formula is C29H21BrF4N4O4. The standard InChI is InChI=1S/C29H21BrF4N4O4/c1-2-37-26-22(24(28(41)42)36-38(26)20-8-4-7-18(30)14-20)21(15-9-11-19(31)12-10-15)23(27(37)40)35-25(39)16-5-3-6-17(13-16)29(32,33)34/h3-14,21,23H,2H2,1H3,(H,35,39)(H,41,42)/t21-,23-/m0/s1. The van der Waals surface area contributed by atoms with Gasteiger partial charge in [-0.25, -0.2) is 13.9 Å². The van der Waals surface area contributed by atoms with E-state index < -0.39 is 53.0 Å². The lowest BCUT2D eigenvalue weighted by Gasteiger charge is -2.38. The number of carboxylic acid groups (broad SMARTS) is 1. The van der Waals surface area contributed by atoms with Crippen molar-refractivity contribution in [3.63, 3.8) is 0 Å². The lowest BCUT2D eigenvalue weighted by molar-refractivity contribution is -0.137. The quantitative estimate of drug-likeness (QED) is 0.259. The van der Waals surface area contributed by atoms with Crippen LogP contribution in [0.5, 0.6) is 0 Å². The van der Waals surface area contributed by atoms with Crippen LogP contribution < -0.4 is 10.2 Å². The van der Waals surface area contributed by atoms with Gasteiger partial charge in [-0.3, -0.25) is 14.5 Å². The molecule has 2 heterocycles. The maximum absolute atomic E-state index is 14.1. The van der Waals surface area contributed by atoms with E-state index in [2.05, 4.69) is 26.3 Å². The third kappa shape index (κ3) is 5.27. The molecule has 0 spiro atoms. The zero-order valence-corrected chi connectivity index (χ0v) is 23.3. The third-order valence-corrected chi connectivity index (χ3v) is 7.36. The van der Waals surface area contributed by atoms with Crippen LogP contribution >= 0.6 is 15.9 Å². The molecule has 3 aromatic carbocycles. The van der Waals surface area contributed by atoms with Gasteiger partial charge in [-0.15, -0.1) is 0 Å². The Labute approximate surface area is 244 Å². The first kappa shape index (κ1) is 29.0. The SMILES string of the molecule is CCN1C(=O)[C@@H](NC(=O)c2cccc(C(F)(F)F)c2)[C@@H](c2ccc(F)cc2)c2c(C(=O)O)nn(-c3cccc(Br)c3)c21. The fourth-order valence-corrected chi connectivity index (χ4v) is 5.42. The zero-order valence-electron chi connectivity index (χ0n) is 21.7. The van der Waals surface area contributed by atoms with Crippen LogP contribution in [0.3, 0.4) is 0 Å². The number of halogens is 5. The van der Waals surface area contributed by atoms with Gasteiger partial charge < -0.3 is 10.4 Å². The second-order valence-electron chi connectivity index (χ2n) is 9.42. The molecule has 0 saturated carbocycles. The summed E-state index contributed by atoms with van der Waals surface area (Å²) in [5.41, 5.74) is -1.03. The van der Waals surface area contributed by atoms with Crippen LogP contribution in [-0.4, -0.2) is 45.3 Å². The summed E-state index contributed by atoms with van der Waals surface area (Å²) >= 11 is 3.38. The number of alkyl halides is 3. The van der Waals surface area contributed by atoms with Gasteiger partial charge in [0.1, 0.15) is 17.7 Å². The smallest absolute Gasteiger partial charge is 0.416 e. The fourth-order valence-electron chi connectivity index (χ4n) is 5.04. The number of rotatable bonds is 6. The van der Waals surface area contributed by atoms with E-state index in [1.54, 1.807) is 31.2 Å². The van der Waals surface area contributed by atoms with Gasteiger partial charge in [0.15, 0.2) is 5.69 Å². The second kappa shape index (κ2) is 11.0. The van der Waals surface area contributed by atoms with Crippen LogP contribution in [0, 0.1) is 5.82 Å². The molecule has 13 heteroatoms. The fraction of sp³-hybridized carbons (Fsp3) is 0.172. The van der Waals surface area contributed by atoms with E-state index in [0.717, 1.165) is 24.3 Å². The predicted octanol–water partition coefficient (Wildman–Crippen LogP) is 5.79. The van der Waals surface area contributed by atoms with Gasteiger partial charge in [-0.05, 0) is 61.0 Å². The number of benzene rings is 3. The summed E-state index contributed by atoms with van der Waals surface area (Å²) in [7, 11) is 0. The molecule has 0 aliphatic carbocycles. The maximum atomic E-state index is 14.1. The summed E-state index contributed by atoms with van der Waals surface area (Å²) in [5, 5.41) is 17.1. The van der Waals surface area contributed by atoms with Gasteiger partial charge in [0, 0.05) is 28.1 Å². The lowest BCUT2D eigenvalue weighted by Crippen LogP contribution is -2.55. The third-order valence-electron chi connectivity index (χ3n) is 6.87. The van der Waals surface area contributed by atoms with Crippen LogP contribution in [0.15, 0.2) is 77.3 Å². The van der Waals surface area contributed by atoms with Crippen LogP contribution in [-0.2, 0) is 11.0 Å². The number of aromatic carboxylic acids is 1. The molecule has 5 rings (SSSR count). The molecule has 0 saturated heterocycles. The molecule has 1 aromatic heterocycles. The summed E-state index contributed by atoms with van der Waals surface area (Å²) in [6, 6.07) is 14.0. The molecule has 8 nitrogen and oxygen atoms in total. The Kier molecular flexibility index (Phi) is 7.62. The van der Waals surface area contributed by atoms with Crippen molar-refractivity contribution in [2.75, 3.05) is 11.4 Å². The van der Waals surface area contributed by atoms with E-state index in [1.165, 1.54) is 27.8 Å². The number of carboxylic acids is 1. The van der Waals surface area contributed by atoms with Gasteiger partial charge in [-0.2, -0.15) is 18.3 Å². The Balaban J connectivity index is 1.71. The highest BCUT2D eigenvalue weighted by atomic mass is 79.9. The largest absolute Gasteiger partial charge is 0.476 e. The number of carbonyl (C=O) groups excluding carboxylic acids is 2. The van der Waals surface area contributed by atoms with Crippen molar-refractivity contribution in [3.8, 4) is 5.69 Å². The Morgan fingerprint density at radius 2 is 1.74 bits per heavy atom.